The minimum absolute atomic E-state index is 0.0887. The fraction of sp³-hybridized carbons (Fsp3) is 0.462. The van der Waals surface area contributed by atoms with Gasteiger partial charge in [0.05, 0.1) is 0 Å². The van der Waals surface area contributed by atoms with Crippen LogP contribution in [0.2, 0.25) is 0 Å². The summed E-state index contributed by atoms with van der Waals surface area (Å²) in [6.45, 7) is 2.44. The van der Waals surface area contributed by atoms with Crippen molar-refractivity contribution in [1.82, 2.24) is 5.12 Å². The third-order valence-electron chi connectivity index (χ3n) is 3.56. The summed E-state index contributed by atoms with van der Waals surface area (Å²) < 4.78 is 26.5. The van der Waals surface area contributed by atoms with Crippen LogP contribution in [-0.4, -0.2) is 24.1 Å². The average molecular weight is 254 g/mol. The van der Waals surface area contributed by atoms with Gasteiger partial charge in [0.15, 0.2) is 0 Å². The van der Waals surface area contributed by atoms with E-state index < -0.39 is 11.7 Å². The van der Waals surface area contributed by atoms with Crippen LogP contribution in [0.3, 0.4) is 0 Å². The molecular formula is C13H16F2N2O. The number of carbonyl (C=O) groups is 1. The molecule has 0 atom stereocenters. The van der Waals surface area contributed by atoms with Crippen LogP contribution in [0.1, 0.15) is 40.2 Å². The van der Waals surface area contributed by atoms with Gasteiger partial charge in [-0.3, -0.25) is 4.79 Å². The Hall–Kier alpha value is -1.49. The van der Waals surface area contributed by atoms with Gasteiger partial charge >= 0.3 is 0 Å². The lowest BCUT2D eigenvalue weighted by Crippen LogP contribution is -2.27. The standard InChI is InChI=1S/C13H16F2N2O/c1-8-11(9-2-4-17(15)5-3-9)6-10(14)7-12(8)13(16)18/h6-7,9H,2-5H2,1H3,(H2,16,18). The maximum atomic E-state index is 13.5. The number of hydrogen-bond donors (Lipinski definition) is 1. The molecule has 0 aromatic heterocycles. The van der Waals surface area contributed by atoms with Gasteiger partial charge in [-0.1, -0.05) is 0 Å². The Morgan fingerprint density at radius 3 is 2.56 bits per heavy atom. The summed E-state index contributed by atoms with van der Waals surface area (Å²) in [7, 11) is 0. The van der Waals surface area contributed by atoms with E-state index >= 15 is 0 Å². The minimum atomic E-state index is -0.629. The van der Waals surface area contributed by atoms with E-state index in [0.29, 0.717) is 31.5 Å². The van der Waals surface area contributed by atoms with Gasteiger partial charge < -0.3 is 5.73 Å². The number of nitrogens with zero attached hydrogens (tertiary/aromatic N) is 1. The summed E-state index contributed by atoms with van der Waals surface area (Å²) >= 11 is 0. The van der Waals surface area contributed by atoms with Crippen molar-refractivity contribution in [2.24, 2.45) is 5.73 Å². The maximum absolute atomic E-state index is 13.5. The van der Waals surface area contributed by atoms with E-state index in [9.17, 15) is 13.7 Å². The summed E-state index contributed by atoms with van der Waals surface area (Å²) in [6, 6.07) is 2.59. The molecule has 98 valence electrons. The number of primary amides is 1. The molecule has 1 aromatic rings. The molecule has 0 aliphatic carbocycles. The summed E-state index contributed by atoms with van der Waals surface area (Å²) in [6.07, 6.45) is 1.25. The van der Waals surface area contributed by atoms with Crippen LogP contribution in [0.25, 0.3) is 0 Å². The van der Waals surface area contributed by atoms with E-state index in [2.05, 4.69) is 0 Å². The number of benzene rings is 1. The number of halogens is 2. The monoisotopic (exact) mass is 254 g/mol. The maximum Gasteiger partial charge on any atom is 0.249 e. The number of carbonyl (C=O) groups excluding carboxylic acids is 1. The van der Waals surface area contributed by atoms with E-state index in [1.165, 1.54) is 6.07 Å². The van der Waals surface area contributed by atoms with Crippen molar-refractivity contribution in [3.8, 4) is 0 Å². The van der Waals surface area contributed by atoms with Crippen molar-refractivity contribution in [2.75, 3.05) is 13.1 Å². The van der Waals surface area contributed by atoms with Gasteiger partial charge in [0.25, 0.3) is 0 Å². The number of nitrogens with two attached hydrogens (primary N) is 1. The van der Waals surface area contributed by atoms with Crippen molar-refractivity contribution in [3.63, 3.8) is 0 Å². The Morgan fingerprint density at radius 2 is 2.00 bits per heavy atom. The Labute approximate surface area is 105 Å². The second-order valence-electron chi connectivity index (χ2n) is 4.72. The van der Waals surface area contributed by atoms with Gasteiger partial charge in [0.2, 0.25) is 5.91 Å². The van der Waals surface area contributed by atoms with Crippen LogP contribution in [-0.2, 0) is 0 Å². The smallest absolute Gasteiger partial charge is 0.249 e. The van der Waals surface area contributed by atoms with E-state index in [1.54, 1.807) is 6.92 Å². The first-order valence-electron chi connectivity index (χ1n) is 5.99. The van der Waals surface area contributed by atoms with Crippen molar-refractivity contribution < 1.29 is 13.7 Å². The lowest BCUT2D eigenvalue weighted by molar-refractivity contribution is 0.000647. The predicted molar refractivity (Wildman–Crippen MR) is 64.3 cm³/mol. The van der Waals surface area contributed by atoms with Crippen LogP contribution in [0, 0.1) is 12.7 Å². The highest BCUT2D eigenvalue weighted by Gasteiger charge is 2.24. The topological polar surface area (TPSA) is 46.3 Å². The molecule has 1 aliphatic rings. The van der Waals surface area contributed by atoms with Gasteiger partial charge in [0.1, 0.15) is 5.82 Å². The third kappa shape index (κ3) is 2.51. The summed E-state index contributed by atoms with van der Waals surface area (Å²) in [5.74, 6) is -1.01. The summed E-state index contributed by atoms with van der Waals surface area (Å²) in [5, 5.41) is 0.764. The number of piperidine rings is 1. The second kappa shape index (κ2) is 5.02. The molecule has 5 heteroatoms. The van der Waals surface area contributed by atoms with Gasteiger partial charge in [-0.15, -0.1) is 9.60 Å². The van der Waals surface area contributed by atoms with Crippen molar-refractivity contribution in [3.05, 3.63) is 34.6 Å². The molecule has 0 spiro atoms. The van der Waals surface area contributed by atoms with Crippen molar-refractivity contribution >= 4 is 5.91 Å². The van der Waals surface area contributed by atoms with Gasteiger partial charge in [-0.05, 0) is 48.9 Å². The summed E-state index contributed by atoms with van der Waals surface area (Å²) in [4.78, 5) is 11.2. The number of hydrogen-bond acceptors (Lipinski definition) is 2. The van der Waals surface area contributed by atoms with Crippen molar-refractivity contribution in [2.45, 2.75) is 25.7 Å². The fourth-order valence-electron chi connectivity index (χ4n) is 2.54. The van der Waals surface area contributed by atoms with Gasteiger partial charge in [-0.25, -0.2) is 4.39 Å². The molecule has 2 N–H and O–H groups in total. The average Bonchev–Trinajstić information content (AvgIpc) is 2.32. The first kappa shape index (κ1) is 13.0. The van der Waals surface area contributed by atoms with Crippen molar-refractivity contribution in [1.29, 1.82) is 0 Å². The Bertz CT molecular complexity index is 468. The predicted octanol–water partition coefficient (Wildman–Crippen LogP) is 2.30. The highest BCUT2D eigenvalue weighted by Crippen LogP contribution is 2.32. The van der Waals surface area contributed by atoms with Crippen LogP contribution in [0.5, 0.6) is 0 Å². The van der Waals surface area contributed by atoms with Gasteiger partial charge in [-0.2, -0.15) is 0 Å². The molecule has 1 amide bonds. The Morgan fingerprint density at radius 1 is 1.39 bits per heavy atom. The van der Waals surface area contributed by atoms with Crippen LogP contribution in [0.15, 0.2) is 12.1 Å². The largest absolute Gasteiger partial charge is 0.366 e. The molecule has 0 unspecified atom stereocenters. The fourth-order valence-corrected chi connectivity index (χ4v) is 2.54. The molecule has 1 aromatic carbocycles. The molecule has 1 fully saturated rings. The molecule has 3 nitrogen and oxygen atoms in total. The van der Waals surface area contributed by atoms with E-state index in [-0.39, 0.29) is 11.5 Å². The molecule has 1 aliphatic heterocycles. The molecular weight excluding hydrogens is 238 g/mol. The zero-order valence-corrected chi connectivity index (χ0v) is 10.2. The third-order valence-corrected chi connectivity index (χ3v) is 3.56. The quantitative estimate of drug-likeness (QED) is 0.823. The molecule has 0 radical (unpaired) electrons. The number of rotatable bonds is 2. The second-order valence-corrected chi connectivity index (χ2v) is 4.72. The molecule has 1 heterocycles. The Kier molecular flexibility index (Phi) is 3.61. The molecule has 1 saturated heterocycles. The van der Waals surface area contributed by atoms with Gasteiger partial charge in [0, 0.05) is 18.7 Å². The van der Waals surface area contributed by atoms with Crippen LogP contribution in [0.4, 0.5) is 8.87 Å². The SMILES string of the molecule is Cc1c(C(N)=O)cc(F)cc1C1CCN(F)CC1. The summed E-state index contributed by atoms with van der Waals surface area (Å²) in [5.41, 5.74) is 6.93. The van der Waals surface area contributed by atoms with Crippen LogP contribution >= 0.6 is 0 Å². The highest BCUT2D eigenvalue weighted by atomic mass is 19.2. The molecule has 0 bridgehead atoms. The van der Waals surface area contributed by atoms with E-state index in [1.807, 2.05) is 0 Å². The van der Waals surface area contributed by atoms with Crippen LogP contribution < -0.4 is 5.73 Å². The minimum Gasteiger partial charge on any atom is -0.366 e. The zero-order valence-electron chi connectivity index (χ0n) is 10.2. The molecule has 0 saturated carbocycles. The highest BCUT2D eigenvalue weighted by molar-refractivity contribution is 5.94. The first-order valence-corrected chi connectivity index (χ1v) is 5.99. The lowest BCUT2D eigenvalue weighted by atomic mass is 9.85. The lowest BCUT2D eigenvalue weighted by Gasteiger charge is -2.27. The molecule has 2 rings (SSSR count). The normalized spacial score (nSPS) is 17.9. The van der Waals surface area contributed by atoms with E-state index in [0.717, 1.165) is 16.8 Å². The van der Waals surface area contributed by atoms with E-state index in [4.69, 9.17) is 5.73 Å². The zero-order chi connectivity index (χ0) is 13.3. The number of amides is 1. The first-order chi connectivity index (χ1) is 8.49. The molecule has 18 heavy (non-hydrogen) atoms. The Balaban J connectivity index is 2.35.